The molecule has 1 aromatic rings. The molecule has 0 aromatic heterocycles. The average Bonchev–Trinajstić information content (AvgIpc) is 2.35. The van der Waals surface area contributed by atoms with Crippen LogP contribution in [0.25, 0.3) is 0 Å². The van der Waals surface area contributed by atoms with Crippen LogP contribution in [0.4, 0.5) is 0 Å². The van der Waals surface area contributed by atoms with Crippen LogP contribution in [0.2, 0.25) is 0 Å². The second kappa shape index (κ2) is 6.04. The maximum atomic E-state index is 11.6. The summed E-state index contributed by atoms with van der Waals surface area (Å²) in [5.74, 6) is -0.801. The van der Waals surface area contributed by atoms with Gasteiger partial charge in [0.05, 0.1) is 5.41 Å². The summed E-state index contributed by atoms with van der Waals surface area (Å²) >= 11 is 0. The molecule has 0 bridgehead atoms. The first-order valence-electron chi connectivity index (χ1n) is 5.68. The fourth-order valence-corrected chi connectivity index (χ4v) is 2.03. The van der Waals surface area contributed by atoms with Gasteiger partial charge in [0.25, 0.3) is 0 Å². The van der Waals surface area contributed by atoms with E-state index in [0.717, 1.165) is 5.56 Å². The van der Waals surface area contributed by atoms with Crippen LogP contribution in [0.5, 0.6) is 0 Å². The van der Waals surface area contributed by atoms with E-state index in [-0.39, 0.29) is 0 Å². The van der Waals surface area contributed by atoms with Crippen molar-refractivity contribution in [1.82, 2.24) is 0 Å². The molecule has 0 saturated carbocycles. The van der Waals surface area contributed by atoms with Gasteiger partial charge in [0, 0.05) is 0 Å². The van der Waals surface area contributed by atoms with Gasteiger partial charge < -0.3 is 5.11 Å². The van der Waals surface area contributed by atoms with E-state index in [1.807, 2.05) is 30.3 Å². The Kier molecular flexibility index (Phi) is 4.70. The normalized spacial score (nSPS) is 13.6. The van der Waals surface area contributed by atoms with Gasteiger partial charge in [-0.15, -0.1) is 13.2 Å². The minimum Gasteiger partial charge on any atom is -0.481 e. The van der Waals surface area contributed by atoms with Crippen molar-refractivity contribution in [1.29, 1.82) is 0 Å². The van der Waals surface area contributed by atoms with Crippen molar-refractivity contribution >= 4 is 5.97 Å². The summed E-state index contributed by atoms with van der Waals surface area (Å²) in [5.41, 5.74) is -0.0498. The molecule has 1 aromatic carbocycles. The molecule has 1 atom stereocenters. The Labute approximate surface area is 102 Å². The van der Waals surface area contributed by atoms with Crippen LogP contribution in [0.1, 0.15) is 24.8 Å². The molecule has 0 amide bonds. The lowest BCUT2D eigenvalue weighted by Gasteiger charge is -2.28. The van der Waals surface area contributed by atoms with Crippen LogP contribution < -0.4 is 0 Å². The lowest BCUT2D eigenvalue weighted by molar-refractivity contribution is -0.144. The summed E-state index contributed by atoms with van der Waals surface area (Å²) in [6.07, 6.45) is 5.07. The van der Waals surface area contributed by atoms with Crippen LogP contribution in [-0.2, 0) is 10.2 Å². The van der Waals surface area contributed by atoms with Gasteiger partial charge in [-0.2, -0.15) is 0 Å². The number of benzene rings is 1. The van der Waals surface area contributed by atoms with Crippen LogP contribution in [0.15, 0.2) is 55.6 Å². The number of rotatable bonds is 7. The number of carboxylic acids is 1. The quantitative estimate of drug-likeness (QED) is 0.727. The lowest BCUT2D eigenvalue weighted by atomic mass is 9.74. The number of carbonyl (C=O) groups is 1. The molecule has 0 aliphatic rings. The minimum absolute atomic E-state index is 0.431. The molecule has 1 rings (SSSR count). The monoisotopic (exact) mass is 230 g/mol. The summed E-state index contributed by atoms with van der Waals surface area (Å²) in [6.45, 7) is 7.33. The van der Waals surface area contributed by atoms with Crippen LogP contribution in [0, 0.1) is 0 Å². The highest BCUT2D eigenvalue weighted by atomic mass is 16.4. The van der Waals surface area contributed by atoms with Crippen molar-refractivity contribution in [2.45, 2.75) is 24.7 Å². The summed E-state index contributed by atoms with van der Waals surface area (Å²) in [4.78, 5) is 11.6. The van der Waals surface area contributed by atoms with Gasteiger partial charge in [-0.3, -0.25) is 4.79 Å². The second-order valence-electron chi connectivity index (χ2n) is 4.07. The van der Waals surface area contributed by atoms with E-state index in [1.165, 1.54) is 0 Å². The van der Waals surface area contributed by atoms with Gasteiger partial charge in [-0.1, -0.05) is 42.5 Å². The van der Waals surface area contributed by atoms with Crippen LogP contribution in [0.3, 0.4) is 0 Å². The fourth-order valence-electron chi connectivity index (χ4n) is 2.03. The highest BCUT2D eigenvalue weighted by Crippen LogP contribution is 2.34. The number of carboxylic acid groups (broad SMARTS) is 1. The predicted molar refractivity (Wildman–Crippen MR) is 70.0 cm³/mol. The Balaban J connectivity index is 3.18. The van der Waals surface area contributed by atoms with E-state index < -0.39 is 11.4 Å². The van der Waals surface area contributed by atoms with Crippen molar-refractivity contribution in [2.24, 2.45) is 0 Å². The van der Waals surface area contributed by atoms with Crippen LogP contribution >= 0.6 is 0 Å². The topological polar surface area (TPSA) is 37.3 Å². The van der Waals surface area contributed by atoms with Crippen molar-refractivity contribution in [3.05, 3.63) is 61.2 Å². The number of aliphatic carboxylic acids is 1. The van der Waals surface area contributed by atoms with E-state index >= 15 is 0 Å². The molecule has 1 unspecified atom stereocenters. The smallest absolute Gasteiger partial charge is 0.314 e. The fraction of sp³-hybridized carbons (Fsp3) is 0.267. The first kappa shape index (κ1) is 13.2. The third-order valence-electron chi connectivity index (χ3n) is 3.00. The maximum absolute atomic E-state index is 11.6. The van der Waals surface area contributed by atoms with E-state index in [0.29, 0.717) is 19.3 Å². The molecule has 2 heteroatoms. The molecule has 0 fully saturated rings. The summed E-state index contributed by atoms with van der Waals surface area (Å²) < 4.78 is 0. The lowest BCUT2D eigenvalue weighted by Crippen LogP contribution is -2.35. The van der Waals surface area contributed by atoms with Crippen molar-refractivity contribution in [3.63, 3.8) is 0 Å². The van der Waals surface area contributed by atoms with Crippen molar-refractivity contribution < 1.29 is 9.90 Å². The zero-order valence-electron chi connectivity index (χ0n) is 9.93. The van der Waals surface area contributed by atoms with Gasteiger partial charge in [0.1, 0.15) is 0 Å². The molecule has 1 N–H and O–H groups in total. The van der Waals surface area contributed by atoms with Gasteiger partial charge >= 0.3 is 5.97 Å². The Bertz CT molecular complexity index is 395. The molecule has 2 nitrogen and oxygen atoms in total. The van der Waals surface area contributed by atoms with Crippen molar-refractivity contribution in [2.75, 3.05) is 0 Å². The van der Waals surface area contributed by atoms with Gasteiger partial charge in [0.2, 0.25) is 0 Å². The molecular weight excluding hydrogens is 212 g/mol. The van der Waals surface area contributed by atoms with Crippen molar-refractivity contribution in [3.8, 4) is 0 Å². The number of hydrogen-bond acceptors (Lipinski definition) is 1. The largest absolute Gasteiger partial charge is 0.481 e. The minimum atomic E-state index is -0.878. The highest BCUT2D eigenvalue weighted by Gasteiger charge is 2.38. The molecule has 0 aliphatic heterocycles. The SMILES string of the molecule is C=CCCC(CC=C)(C(=O)O)c1ccccc1. The van der Waals surface area contributed by atoms with E-state index in [9.17, 15) is 9.90 Å². The molecule has 0 heterocycles. The van der Waals surface area contributed by atoms with E-state index in [1.54, 1.807) is 12.2 Å². The Morgan fingerprint density at radius 2 is 1.88 bits per heavy atom. The average molecular weight is 230 g/mol. The van der Waals surface area contributed by atoms with Gasteiger partial charge in [-0.25, -0.2) is 0 Å². The summed E-state index contributed by atoms with van der Waals surface area (Å²) in [7, 11) is 0. The Morgan fingerprint density at radius 1 is 1.24 bits per heavy atom. The first-order chi connectivity index (χ1) is 8.17. The van der Waals surface area contributed by atoms with Gasteiger partial charge in [-0.05, 0) is 24.8 Å². The molecule has 0 spiro atoms. The predicted octanol–water partition coefficient (Wildman–Crippen LogP) is 3.55. The summed E-state index contributed by atoms with van der Waals surface area (Å²) in [6, 6.07) is 9.34. The maximum Gasteiger partial charge on any atom is 0.314 e. The molecular formula is C15H18O2. The first-order valence-corrected chi connectivity index (χ1v) is 5.68. The second-order valence-corrected chi connectivity index (χ2v) is 4.07. The molecule has 0 aliphatic carbocycles. The zero-order chi connectivity index (χ0) is 12.7. The number of allylic oxidation sites excluding steroid dienone is 2. The van der Waals surface area contributed by atoms with E-state index in [2.05, 4.69) is 13.2 Å². The van der Waals surface area contributed by atoms with E-state index in [4.69, 9.17) is 0 Å². The summed E-state index contributed by atoms with van der Waals surface area (Å²) in [5, 5.41) is 9.55. The van der Waals surface area contributed by atoms with Crippen LogP contribution in [-0.4, -0.2) is 11.1 Å². The molecule has 0 saturated heterocycles. The Morgan fingerprint density at radius 3 is 2.35 bits per heavy atom. The molecule has 0 radical (unpaired) electrons. The zero-order valence-corrected chi connectivity index (χ0v) is 9.93. The highest BCUT2D eigenvalue weighted by molar-refractivity contribution is 5.81. The van der Waals surface area contributed by atoms with Gasteiger partial charge in [0.15, 0.2) is 0 Å². The molecule has 90 valence electrons. The molecule has 17 heavy (non-hydrogen) atoms. The standard InChI is InChI=1S/C15H18O2/c1-3-5-12-15(11-4-2,14(16)17)13-9-7-6-8-10-13/h3-4,6-10H,1-2,5,11-12H2,(H,16,17). The third-order valence-corrected chi connectivity index (χ3v) is 3.00. The number of hydrogen-bond donors (Lipinski definition) is 1. The third kappa shape index (κ3) is 2.84. The Hall–Kier alpha value is -1.83.